The van der Waals surface area contributed by atoms with Crippen molar-refractivity contribution in [1.29, 1.82) is 0 Å². The molecule has 0 spiro atoms. The average Bonchev–Trinajstić information content (AvgIpc) is 3.09. The van der Waals surface area contributed by atoms with Crippen LogP contribution in [0.4, 0.5) is 0 Å². The lowest BCUT2D eigenvalue weighted by molar-refractivity contribution is 0.0950. The van der Waals surface area contributed by atoms with Gasteiger partial charge >= 0.3 is 0 Å². The molecule has 0 bridgehead atoms. The molecule has 116 valence electrons. The summed E-state index contributed by atoms with van der Waals surface area (Å²) < 4.78 is 6.84. The maximum Gasteiger partial charge on any atom is 0.251 e. The Bertz CT molecular complexity index is 799. The number of methoxy groups -OCH3 is 1. The van der Waals surface area contributed by atoms with Gasteiger partial charge in [-0.05, 0) is 24.3 Å². The van der Waals surface area contributed by atoms with Gasteiger partial charge in [0.2, 0.25) is 0 Å². The zero-order valence-corrected chi connectivity index (χ0v) is 12.6. The Balaban J connectivity index is 1.66. The number of ether oxygens (including phenoxy) is 1. The topological polar surface area (TPSA) is 69.0 Å². The average molecular weight is 308 g/mol. The molecule has 1 amide bonds. The first-order chi connectivity index (χ1) is 11.3. The molecule has 1 N–H and O–H groups in total. The summed E-state index contributed by atoms with van der Waals surface area (Å²) in [5.74, 6) is 0.610. The minimum absolute atomic E-state index is 0.137. The maximum atomic E-state index is 12.0. The van der Waals surface area contributed by atoms with E-state index in [2.05, 4.69) is 15.6 Å². The van der Waals surface area contributed by atoms with Crippen LogP contribution in [-0.2, 0) is 6.54 Å². The summed E-state index contributed by atoms with van der Waals surface area (Å²) in [4.78, 5) is 12.0. The molecule has 2 aromatic carbocycles. The second-order valence-electron chi connectivity index (χ2n) is 4.90. The lowest BCUT2D eigenvalue weighted by Crippen LogP contribution is -2.22. The molecule has 0 aliphatic rings. The van der Waals surface area contributed by atoms with Crippen LogP contribution < -0.4 is 10.1 Å². The van der Waals surface area contributed by atoms with E-state index in [-0.39, 0.29) is 5.91 Å². The summed E-state index contributed by atoms with van der Waals surface area (Å²) in [6, 6.07) is 16.6. The van der Waals surface area contributed by atoms with Gasteiger partial charge in [0.25, 0.3) is 5.91 Å². The molecule has 3 aromatic rings. The molecule has 23 heavy (non-hydrogen) atoms. The van der Waals surface area contributed by atoms with Crippen LogP contribution >= 0.6 is 0 Å². The Kier molecular flexibility index (Phi) is 4.33. The third kappa shape index (κ3) is 3.55. The Hall–Kier alpha value is -3.15. The fourth-order valence-electron chi connectivity index (χ4n) is 2.12. The SMILES string of the molecule is COc1cccc(-n2cc(CNC(=O)c3ccccc3)nn2)c1. The second kappa shape index (κ2) is 6.74. The molecule has 0 saturated heterocycles. The van der Waals surface area contributed by atoms with E-state index in [4.69, 9.17) is 4.74 Å². The highest BCUT2D eigenvalue weighted by molar-refractivity contribution is 5.94. The summed E-state index contributed by atoms with van der Waals surface area (Å²) in [6.07, 6.45) is 1.78. The number of hydrogen-bond acceptors (Lipinski definition) is 4. The largest absolute Gasteiger partial charge is 0.497 e. The van der Waals surface area contributed by atoms with E-state index < -0.39 is 0 Å². The molecule has 1 aromatic heterocycles. The zero-order valence-electron chi connectivity index (χ0n) is 12.6. The van der Waals surface area contributed by atoms with Gasteiger partial charge in [0.1, 0.15) is 11.4 Å². The summed E-state index contributed by atoms with van der Waals surface area (Å²) in [7, 11) is 1.62. The van der Waals surface area contributed by atoms with E-state index in [1.807, 2.05) is 42.5 Å². The van der Waals surface area contributed by atoms with Crippen molar-refractivity contribution in [3.8, 4) is 11.4 Å². The van der Waals surface area contributed by atoms with Gasteiger partial charge < -0.3 is 10.1 Å². The van der Waals surface area contributed by atoms with Crippen molar-refractivity contribution in [1.82, 2.24) is 20.3 Å². The van der Waals surface area contributed by atoms with Crippen LogP contribution in [0.2, 0.25) is 0 Å². The number of amides is 1. The van der Waals surface area contributed by atoms with E-state index in [0.29, 0.717) is 17.8 Å². The van der Waals surface area contributed by atoms with E-state index in [1.165, 1.54) is 0 Å². The predicted octanol–water partition coefficient (Wildman–Crippen LogP) is 2.21. The number of rotatable bonds is 5. The Morgan fingerprint density at radius 2 is 2.00 bits per heavy atom. The molecule has 0 aliphatic carbocycles. The number of carbonyl (C=O) groups excluding carboxylic acids is 1. The summed E-state index contributed by atoms with van der Waals surface area (Å²) >= 11 is 0. The number of carbonyl (C=O) groups is 1. The Morgan fingerprint density at radius 1 is 1.17 bits per heavy atom. The van der Waals surface area contributed by atoms with Crippen molar-refractivity contribution in [2.24, 2.45) is 0 Å². The van der Waals surface area contributed by atoms with Crippen LogP contribution in [0.1, 0.15) is 16.1 Å². The Labute approximate surface area is 133 Å². The quantitative estimate of drug-likeness (QED) is 0.784. The van der Waals surface area contributed by atoms with Gasteiger partial charge in [-0.1, -0.05) is 29.5 Å². The third-order valence-electron chi connectivity index (χ3n) is 3.32. The van der Waals surface area contributed by atoms with Gasteiger partial charge in [-0.3, -0.25) is 4.79 Å². The van der Waals surface area contributed by atoms with Gasteiger partial charge in [0, 0.05) is 11.6 Å². The molecule has 6 heteroatoms. The predicted molar refractivity (Wildman–Crippen MR) is 85.5 cm³/mol. The van der Waals surface area contributed by atoms with E-state index >= 15 is 0 Å². The van der Waals surface area contributed by atoms with Gasteiger partial charge in [-0.15, -0.1) is 5.10 Å². The fraction of sp³-hybridized carbons (Fsp3) is 0.118. The van der Waals surface area contributed by atoms with Gasteiger partial charge in [0.15, 0.2) is 0 Å². The van der Waals surface area contributed by atoms with Crippen molar-refractivity contribution in [2.75, 3.05) is 7.11 Å². The number of aromatic nitrogens is 3. The van der Waals surface area contributed by atoms with Crippen molar-refractivity contribution in [3.63, 3.8) is 0 Å². The van der Waals surface area contributed by atoms with Gasteiger partial charge in [-0.2, -0.15) is 0 Å². The van der Waals surface area contributed by atoms with Crippen molar-refractivity contribution >= 4 is 5.91 Å². The molecule has 0 fully saturated rings. The lowest BCUT2D eigenvalue weighted by Gasteiger charge is -2.03. The monoisotopic (exact) mass is 308 g/mol. The highest BCUT2D eigenvalue weighted by atomic mass is 16.5. The van der Waals surface area contributed by atoms with Crippen molar-refractivity contribution in [2.45, 2.75) is 6.54 Å². The summed E-state index contributed by atoms with van der Waals surface area (Å²) in [5, 5.41) is 11.0. The highest BCUT2D eigenvalue weighted by Crippen LogP contribution is 2.15. The van der Waals surface area contributed by atoms with Crippen LogP contribution in [0.5, 0.6) is 5.75 Å². The highest BCUT2D eigenvalue weighted by Gasteiger charge is 2.07. The van der Waals surface area contributed by atoms with Crippen LogP contribution in [0, 0.1) is 0 Å². The van der Waals surface area contributed by atoms with Crippen LogP contribution in [0.15, 0.2) is 60.8 Å². The molecule has 0 atom stereocenters. The normalized spacial score (nSPS) is 10.3. The van der Waals surface area contributed by atoms with Crippen molar-refractivity contribution < 1.29 is 9.53 Å². The van der Waals surface area contributed by atoms with E-state index in [1.54, 1.807) is 30.1 Å². The minimum atomic E-state index is -0.137. The number of benzene rings is 2. The smallest absolute Gasteiger partial charge is 0.251 e. The molecule has 0 saturated carbocycles. The maximum absolute atomic E-state index is 12.0. The van der Waals surface area contributed by atoms with Gasteiger partial charge in [0.05, 0.1) is 25.5 Å². The first kappa shape index (κ1) is 14.8. The first-order valence-electron chi connectivity index (χ1n) is 7.15. The lowest BCUT2D eigenvalue weighted by atomic mass is 10.2. The number of nitrogens with zero attached hydrogens (tertiary/aromatic N) is 3. The number of hydrogen-bond donors (Lipinski definition) is 1. The third-order valence-corrected chi connectivity index (χ3v) is 3.32. The molecule has 1 heterocycles. The molecule has 3 rings (SSSR count). The molecular weight excluding hydrogens is 292 g/mol. The Morgan fingerprint density at radius 3 is 2.78 bits per heavy atom. The molecule has 0 unspecified atom stereocenters. The molecule has 6 nitrogen and oxygen atoms in total. The van der Waals surface area contributed by atoms with E-state index in [0.717, 1.165) is 11.4 Å². The van der Waals surface area contributed by atoms with Crippen LogP contribution in [-0.4, -0.2) is 28.0 Å². The van der Waals surface area contributed by atoms with Gasteiger partial charge in [-0.25, -0.2) is 4.68 Å². The van der Waals surface area contributed by atoms with E-state index in [9.17, 15) is 4.79 Å². The molecule has 0 aliphatic heterocycles. The second-order valence-corrected chi connectivity index (χ2v) is 4.90. The van der Waals surface area contributed by atoms with Crippen LogP contribution in [0.25, 0.3) is 5.69 Å². The molecular formula is C17H16N4O2. The first-order valence-corrected chi connectivity index (χ1v) is 7.15. The zero-order chi connectivity index (χ0) is 16.1. The summed E-state index contributed by atoms with van der Waals surface area (Å²) in [5.41, 5.74) is 2.14. The fourth-order valence-corrected chi connectivity index (χ4v) is 2.12. The van der Waals surface area contributed by atoms with Crippen LogP contribution in [0.3, 0.4) is 0 Å². The summed E-state index contributed by atoms with van der Waals surface area (Å²) in [6.45, 7) is 0.317. The van der Waals surface area contributed by atoms with Crippen molar-refractivity contribution in [3.05, 3.63) is 72.1 Å². The number of nitrogens with one attached hydrogen (secondary N) is 1. The standard InChI is InChI=1S/C17H16N4O2/c1-23-16-9-5-8-15(10-16)21-12-14(19-20-21)11-18-17(22)13-6-3-2-4-7-13/h2-10,12H,11H2,1H3,(H,18,22). The molecule has 0 radical (unpaired) electrons. The minimum Gasteiger partial charge on any atom is -0.497 e.